The van der Waals surface area contributed by atoms with Crippen molar-refractivity contribution in [2.45, 2.75) is 45.3 Å². The molecular formula is C21H24ClNO2. The zero-order chi connectivity index (χ0) is 18.0. The number of hydrogen-bond donors (Lipinski definition) is 0. The number of carbonyl (C=O) groups excluding carboxylic acids is 1. The minimum absolute atomic E-state index is 0.0199. The maximum absolute atomic E-state index is 13.2. The van der Waals surface area contributed by atoms with Crippen molar-refractivity contribution in [2.75, 3.05) is 6.54 Å². The molecule has 0 saturated carbocycles. The van der Waals surface area contributed by atoms with Crippen LogP contribution < -0.4 is 4.74 Å². The van der Waals surface area contributed by atoms with Crippen molar-refractivity contribution in [3.8, 4) is 5.75 Å². The normalized spacial score (nSPS) is 17.6. The van der Waals surface area contributed by atoms with Crippen LogP contribution in [0.25, 0.3) is 0 Å². The third kappa shape index (κ3) is 3.98. The Morgan fingerprint density at radius 3 is 2.60 bits per heavy atom. The van der Waals surface area contributed by atoms with Gasteiger partial charge in [0.2, 0.25) is 0 Å². The van der Waals surface area contributed by atoms with Gasteiger partial charge in [0.25, 0.3) is 5.91 Å². The maximum Gasteiger partial charge on any atom is 0.266 e. The molecule has 0 spiro atoms. The van der Waals surface area contributed by atoms with E-state index in [9.17, 15) is 4.79 Å². The Morgan fingerprint density at radius 2 is 1.92 bits per heavy atom. The molecule has 25 heavy (non-hydrogen) atoms. The van der Waals surface area contributed by atoms with Crippen LogP contribution >= 0.6 is 11.6 Å². The van der Waals surface area contributed by atoms with Gasteiger partial charge < -0.3 is 9.64 Å². The number of likely N-dealkylation sites (tertiary alicyclic amines) is 1. The summed E-state index contributed by atoms with van der Waals surface area (Å²) in [6.45, 7) is 6.51. The number of ether oxygens (including phenoxy) is 1. The van der Waals surface area contributed by atoms with E-state index in [-0.39, 0.29) is 11.9 Å². The fraction of sp³-hybridized carbons (Fsp3) is 0.381. The van der Waals surface area contributed by atoms with Crippen LogP contribution in [-0.4, -0.2) is 23.0 Å². The van der Waals surface area contributed by atoms with Crippen LogP contribution in [0.3, 0.4) is 0 Å². The molecule has 0 bridgehead atoms. The molecule has 1 heterocycles. The average molecular weight is 358 g/mol. The SMILES string of the molecule is Cc1cccc(C2CCCN2C(=O)C(C)(C)Oc2ccc(Cl)cc2)c1. The first kappa shape index (κ1) is 17.8. The van der Waals surface area contributed by atoms with Gasteiger partial charge in [-0.1, -0.05) is 41.4 Å². The molecule has 0 aromatic heterocycles. The maximum atomic E-state index is 13.2. The van der Waals surface area contributed by atoms with Crippen LogP contribution in [0.1, 0.15) is 43.9 Å². The van der Waals surface area contributed by atoms with Crippen molar-refractivity contribution < 1.29 is 9.53 Å². The second-order valence-corrected chi connectivity index (χ2v) is 7.57. The highest BCUT2D eigenvalue weighted by atomic mass is 35.5. The van der Waals surface area contributed by atoms with Crippen LogP contribution in [0.5, 0.6) is 5.75 Å². The first-order valence-corrected chi connectivity index (χ1v) is 9.07. The number of halogens is 1. The highest BCUT2D eigenvalue weighted by Crippen LogP contribution is 2.35. The zero-order valence-corrected chi connectivity index (χ0v) is 15.7. The lowest BCUT2D eigenvalue weighted by Crippen LogP contribution is -2.48. The molecule has 0 aliphatic carbocycles. The van der Waals surface area contributed by atoms with Crippen molar-refractivity contribution in [3.63, 3.8) is 0 Å². The highest BCUT2D eigenvalue weighted by Gasteiger charge is 2.40. The van der Waals surface area contributed by atoms with Crippen LogP contribution in [0.4, 0.5) is 0 Å². The number of nitrogens with zero attached hydrogens (tertiary/aromatic N) is 1. The van der Waals surface area contributed by atoms with Crippen LogP contribution in [0.15, 0.2) is 48.5 Å². The van der Waals surface area contributed by atoms with Gasteiger partial charge in [0.15, 0.2) is 5.60 Å². The molecule has 1 amide bonds. The molecule has 4 heteroatoms. The first-order valence-electron chi connectivity index (χ1n) is 8.69. The summed E-state index contributed by atoms with van der Waals surface area (Å²) < 4.78 is 5.99. The standard InChI is InChI=1S/C21H24ClNO2/c1-15-6-4-7-16(14-15)19-8-5-13-23(19)20(24)21(2,3)25-18-11-9-17(22)10-12-18/h4,6-7,9-12,14,19H,5,8,13H2,1-3H3. The Bertz CT molecular complexity index is 755. The third-order valence-electron chi connectivity index (χ3n) is 4.64. The minimum atomic E-state index is -0.930. The van der Waals surface area contributed by atoms with Gasteiger partial charge in [-0.05, 0) is 63.4 Å². The Hall–Kier alpha value is -2.00. The van der Waals surface area contributed by atoms with E-state index in [0.29, 0.717) is 10.8 Å². The number of rotatable bonds is 4. The van der Waals surface area contributed by atoms with Crippen LogP contribution in [-0.2, 0) is 4.79 Å². The molecule has 1 aliphatic heterocycles. The summed E-state index contributed by atoms with van der Waals surface area (Å²) in [6, 6.07) is 15.7. The third-order valence-corrected chi connectivity index (χ3v) is 4.89. The predicted molar refractivity (Wildman–Crippen MR) is 101 cm³/mol. The van der Waals surface area contributed by atoms with Gasteiger partial charge in [0.1, 0.15) is 5.75 Å². The van der Waals surface area contributed by atoms with Crippen LogP contribution in [0, 0.1) is 6.92 Å². The topological polar surface area (TPSA) is 29.5 Å². The summed E-state index contributed by atoms with van der Waals surface area (Å²) in [4.78, 5) is 15.1. The lowest BCUT2D eigenvalue weighted by atomic mass is 10.0. The molecule has 2 aromatic carbocycles. The molecule has 2 aromatic rings. The monoisotopic (exact) mass is 357 g/mol. The average Bonchev–Trinajstić information content (AvgIpc) is 3.05. The summed E-state index contributed by atoms with van der Waals surface area (Å²) in [5.41, 5.74) is 1.49. The van der Waals surface area contributed by atoms with Crippen LogP contribution in [0.2, 0.25) is 5.02 Å². The smallest absolute Gasteiger partial charge is 0.266 e. The molecule has 3 rings (SSSR count). The van der Waals surface area contributed by atoms with Gasteiger partial charge in [-0.3, -0.25) is 4.79 Å². The van der Waals surface area contributed by atoms with Gasteiger partial charge in [-0.25, -0.2) is 0 Å². The minimum Gasteiger partial charge on any atom is -0.478 e. The molecule has 1 fully saturated rings. The Kier molecular flexibility index (Phi) is 5.05. The van der Waals surface area contributed by atoms with E-state index >= 15 is 0 Å². The summed E-state index contributed by atoms with van der Waals surface area (Å²) in [6.07, 6.45) is 2.01. The predicted octanol–water partition coefficient (Wildman–Crippen LogP) is 5.17. The van der Waals surface area contributed by atoms with E-state index in [0.717, 1.165) is 19.4 Å². The zero-order valence-electron chi connectivity index (χ0n) is 15.0. The van der Waals surface area contributed by atoms with Crippen molar-refractivity contribution in [3.05, 3.63) is 64.7 Å². The van der Waals surface area contributed by atoms with E-state index < -0.39 is 5.60 Å². The number of carbonyl (C=O) groups is 1. The second kappa shape index (κ2) is 7.09. The number of amides is 1. The van der Waals surface area contributed by atoms with E-state index in [1.165, 1.54) is 11.1 Å². The van der Waals surface area contributed by atoms with Crippen molar-refractivity contribution in [1.82, 2.24) is 4.90 Å². The molecule has 1 aliphatic rings. The van der Waals surface area contributed by atoms with Gasteiger partial charge in [-0.2, -0.15) is 0 Å². The van der Waals surface area contributed by atoms with Gasteiger partial charge in [0, 0.05) is 11.6 Å². The number of aryl methyl sites for hydroxylation is 1. The Balaban J connectivity index is 1.79. The molecule has 0 radical (unpaired) electrons. The highest BCUT2D eigenvalue weighted by molar-refractivity contribution is 6.30. The van der Waals surface area contributed by atoms with Gasteiger partial charge >= 0.3 is 0 Å². The summed E-state index contributed by atoms with van der Waals surface area (Å²) in [5, 5.41) is 0.649. The largest absolute Gasteiger partial charge is 0.478 e. The van der Waals surface area contributed by atoms with E-state index in [1.54, 1.807) is 24.3 Å². The molecule has 132 valence electrons. The summed E-state index contributed by atoms with van der Waals surface area (Å²) >= 11 is 5.92. The van der Waals surface area contributed by atoms with Crippen molar-refractivity contribution in [1.29, 1.82) is 0 Å². The Morgan fingerprint density at radius 1 is 1.20 bits per heavy atom. The second-order valence-electron chi connectivity index (χ2n) is 7.14. The molecule has 1 saturated heterocycles. The molecule has 0 N–H and O–H groups in total. The van der Waals surface area contributed by atoms with E-state index in [2.05, 4.69) is 31.2 Å². The van der Waals surface area contributed by atoms with Crippen molar-refractivity contribution >= 4 is 17.5 Å². The molecule has 1 unspecified atom stereocenters. The lowest BCUT2D eigenvalue weighted by molar-refractivity contribution is -0.146. The summed E-state index contributed by atoms with van der Waals surface area (Å²) in [5.74, 6) is 0.667. The first-order chi connectivity index (χ1) is 11.9. The fourth-order valence-electron chi connectivity index (χ4n) is 3.42. The number of benzene rings is 2. The molecule has 1 atom stereocenters. The van der Waals surface area contributed by atoms with Crippen molar-refractivity contribution in [2.24, 2.45) is 0 Å². The fourth-order valence-corrected chi connectivity index (χ4v) is 3.55. The Labute approximate surface area is 154 Å². The molecular weight excluding hydrogens is 334 g/mol. The number of hydrogen-bond acceptors (Lipinski definition) is 2. The lowest BCUT2D eigenvalue weighted by Gasteiger charge is -2.33. The summed E-state index contributed by atoms with van der Waals surface area (Å²) in [7, 11) is 0. The van der Waals surface area contributed by atoms with Gasteiger partial charge in [-0.15, -0.1) is 0 Å². The van der Waals surface area contributed by atoms with Gasteiger partial charge in [0.05, 0.1) is 6.04 Å². The van der Waals surface area contributed by atoms with E-state index in [4.69, 9.17) is 16.3 Å². The quantitative estimate of drug-likeness (QED) is 0.755. The molecule has 3 nitrogen and oxygen atoms in total. The van der Waals surface area contributed by atoms with E-state index in [1.807, 2.05) is 18.7 Å².